The smallest absolute Gasteiger partial charge is 0.329 e. The number of fused-ring (bicyclic) bond motifs is 1. The van der Waals surface area contributed by atoms with Crippen LogP contribution in [0.4, 0.5) is 5.95 Å². The minimum atomic E-state index is -0.510. The van der Waals surface area contributed by atoms with Crippen molar-refractivity contribution in [3.05, 3.63) is 20.8 Å². The highest BCUT2D eigenvalue weighted by Crippen LogP contribution is 2.01. The van der Waals surface area contributed by atoms with Crippen molar-refractivity contribution in [2.75, 3.05) is 5.73 Å². The molecule has 2 heterocycles. The van der Waals surface area contributed by atoms with Crippen LogP contribution in [0.15, 0.2) is 9.59 Å². The molecule has 0 saturated heterocycles. The van der Waals surface area contributed by atoms with E-state index in [2.05, 4.69) is 15.0 Å². The zero-order valence-electron chi connectivity index (χ0n) is 6.79. The van der Waals surface area contributed by atoms with Crippen LogP contribution in [0.5, 0.6) is 0 Å². The fraction of sp³-hybridized carbons (Fsp3) is 0.167. The lowest BCUT2D eigenvalue weighted by Crippen LogP contribution is -2.32. The number of imidazole rings is 1. The van der Waals surface area contributed by atoms with Crippen LogP contribution < -0.4 is 17.0 Å². The molecule has 0 aromatic carbocycles. The van der Waals surface area contributed by atoms with Gasteiger partial charge in [-0.1, -0.05) is 0 Å². The number of nitrogens with two attached hydrogens (primary N) is 1. The van der Waals surface area contributed by atoms with Crippen molar-refractivity contribution in [3.8, 4) is 0 Å². The number of anilines is 1. The Balaban J connectivity index is 3.10. The number of rotatable bonds is 0. The minimum absolute atomic E-state index is 0.106. The van der Waals surface area contributed by atoms with Crippen LogP contribution in [0, 0.1) is 0 Å². The minimum Gasteiger partial charge on any atom is -0.369 e. The molecule has 0 spiro atoms. The molecule has 0 aliphatic carbocycles. The van der Waals surface area contributed by atoms with Crippen LogP contribution >= 0.6 is 0 Å². The molecule has 2 aromatic rings. The van der Waals surface area contributed by atoms with Crippen molar-refractivity contribution in [2.45, 2.75) is 0 Å². The molecule has 2 rings (SSSR count). The maximum Gasteiger partial charge on any atom is 0.329 e. The summed E-state index contributed by atoms with van der Waals surface area (Å²) in [6.45, 7) is 0. The summed E-state index contributed by atoms with van der Waals surface area (Å²) in [5, 5.41) is 0. The van der Waals surface area contributed by atoms with Gasteiger partial charge in [-0.15, -0.1) is 0 Å². The number of aromatic amines is 2. The Labute approximate surface area is 71.2 Å². The summed E-state index contributed by atoms with van der Waals surface area (Å²) >= 11 is 0. The predicted octanol–water partition coefficient (Wildman–Crippen LogP) is -1.47. The highest BCUT2D eigenvalue weighted by molar-refractivity contribution is 5.71. The van der Waals surface area contributed by atoms with E-state index in [9.17, 15) is 9.59 Å². The summed E-state index contributed by atoms with van der Waals surface area (Å²) in [7, 11) is 1.37. The van der Waals surface area contributed by atoms with Gasteiger partial charge in [-0.25, -0.2) is 4.79 Å². The highest BCUT2D eigenvalue weighted by atomic mass is 16.2. The van der Waals surface area contributed by atoms with Crippen LogP contribution in [-0.4, -0.2) is 19.5 Å². The Morgan fingerprint density at radius 1 is 1.38 bits per heavy atom. The van der Waals surface area contributed by atoms with Gasteiger partial charge in [-0.2, -0.15) is 4.98 Å². The summed E-state index contributed by atoms with van der Waals surface area (Å²) in [6.07, 6.45) is 0. The number of nitrogens with zero attached hydrogens (tertiary/aromatic N) is 2. The Kier molecular flexibility index (Phi) is 1.30. The topological polar surface area (TPSA) is 110 Å². The van der Waals surface area contributed by atoms with Crippen LogP contribution in [0.3, 0.4) is 0 Å². The average molecular weight is 181 g/mol. The summed E-state index contributed by atoms with van der Waals surface area (Å²) in [6, 6.07) is 0. The molecule has 0 radical (unpaired) electrons. The van der Waals surface area contributed by atoms with Gasteiger partial charge in [0.2, 0.25) is 0 Å². The molecule has 0 unspecified atom stereocenters. The SMILES string of the molecule is Cn1c(=O)[nH]c2nc(N)[nH]c2c1=O. The van der Waals surface area contributed by atoms with Crippen molar-refractivity contribution in [1.29, 1.82) is 0 Å². The number of aromatic nitrogens is 4. The van der Waals surface area contributed by atoms with Gasteiger partial charge in [-0.05, 0) is 0 Å². The maximum absolute atomic E-state index is 11.4. The molecule has 4 N–H and O–H groups in total. The van der Waals surface area contributed by atoms with Crippen molar-refractivity contribution < 1.29 is 0 Å². The molecule has 0 aliphatic rings. The molecule has 7 nitrogen and oxygen atoms in total. The van der Waals surface area contributed by atoms with E-state index in [0.717, 1.165) is 4.57 Å². The maximum atomic E-state index is 11.4. The van der Waals surface area contributed by atoms with Gasteiger partial charge >= 0.3 is 5.69 Å². The van der Waals surface area contributed by atoms with E-state index in [1.165, 1.54) is 7.05 Å². The Morgan fingerprint density at radius 2 is 2.08 bits per heavy atom. The molecule has 2 aromatic heterocycles. The summed E-state index contributed by atoms with van der Waals surface area (Å²) in [4.78, 5) is 31.1. The molecule has 0 saturated carbocycles. The van der Waals surface area contributed by atoms with Crippen molar-refractivity contribution >= 4 is 17.1 Å². The Hall–Kier alpha value is -2.05. The lowest BCUT2D eigenvalue weighted by molar-refractivity contribution is 0.790. The molecule has 13 heavy (non-hydrogen) atoms. The first-order valence-electron chi connectivity index (χ1n) is 3.54. The number of nitrogens with one attached hydrogen (secondary N) is 2. The van der Waals surface area contributed by atoms with Gasteiger partial charge in [-0.3, -0.25) is 14.3 Å². The largest absolute Gasteiger partial charge is 0.369 e. The third-order valence-corrected chi connectivity index (χ3v) is 1.77. The molecule has 68 valence electrons. The highest BCUT2D eigenvalue weighted by Gasteiger charge is 2.07. The molecule has 0 fully saturated rings. The second kappa shape index (κ2) is 2.22. The van der Waals surface area contributed by atoms with Crippen LogP contribution in [-0.2, 0) is 7.05 Å². The average Bonchev–Trinajstić information content (AvgIpc) is 2.42. The van der Waals surface area contributed by atoms with Gasteiger partial charge in [0.05, 0.1) is 0 Å². The van der Waals surface area contributed by atoms with Gasteiger partial charge < -0.3 is 10.7 Å². The summed E-state index contributed by atoms with van der Waals surface area (Å²) < 4.78 is 0.944. The molecule has 0 amide bonds. The van der Waals surface area contributed by atoms with E-state index in [4.69, 9.17) is 5.73 Å². The van der Waals surface area contributed by atoms with E-state index in [-0.39, 0.29) is 17.1 Å². The first kappa shape index (κ1) is 7.59. The first-order chi connectivity index (χ1) is 6.09. The van der Waals surface area contributed by atoms with Gasteiger partial charge in [0.1, 0.15) is 0 Å². The van der Waals surface area contributed by atoms with E-state index >= 15 is 0 Å². The molecule has 0 atom stereocenters. The van der Waals surface area contributed by atoms with E-state index in [1.807, 2.05) is 0 Å². The zero-order valence-corrected chi connectivity index (χ0v) is 6.79. The second-order valence-electron chi connectivity index (χ2n) is 2.64. The summed E-state index contributed by atoms with van der Waals surface area (Å²) in [5.74, 6) is 0.106. The molecular formula is C6H7N5O2. The quantitative estimate of drug-likeness (QED) is 0.461. The standard InChI is InChI=1S/C6H7N5O2/c1-11-4(12)2-3(10-6(11)13)9-5(7)8-2/h1H3,(H,10,13)(H3,7,8,9). The van der Waals surface area contributed by atoms with Crippen LogP contribution in [0.1, 0.15) is 0 Å². The van der Waals surface area contributed by atoms with Crippen molar-refractivity contribution in [3.63, 3.8) is 0 Å². The first-order valence-corrected chi connectivity index (χ1v) is 3.54. The fourth-order valence-electron chi connectivity index (χ4n) is 1.08. The monoisotopic (exact) mass is 181 g/mol. The van der Waals surface area contributed by atoms with Crippen LogP contribution in [0.2, 0.25) is 0 Å². The molecular weight excluding hydrogens is 174 g/mol. The second-order valence-corrected chi connectivity index (χ2v) is 2.64. The number of nitrogen functional groups attached to an aromatic ring is 1. The number of H-pyrrole nitrogens is 2. The fourth-order valence-corrected chi connectivity index (χ4v) is 1.08. The lowest BCUT2D eigenvalue weighted by atomic mass is 10.5. The normalized spacial score (nSPS) is 10.8. The number of hydrogen-bond donors (Lipinski definition) is 3. The Bertz CT molecular complexity index is 575. The molecule has 0 aliphatic heterocycles. The Morgan fingerprint density at radius 3 is 2.77 bits per heavy atom. The third-order valence-electron chi connectivity index (χ3n) is 1.77. The molecule has 0 bridgehead atoms. The lowest BCUT2D eigenvalue weighted by Gasteiger charge is -1.92. The predicted molar refractivity (Wildman–Crippen MR) is 46.4 cm³/mol. The van der Waals surface area contributed by atoms with Gasteiger partial charge in [0, 0.05) is 7.05 Å². The van der Waals surface area contributed by atoms with E-state index in [1.54, 1.807) is 0 Å². The summed E-state index contributed by atoms with van der Waals surface area (Å²) in [5.41, 5.74) is 4.76. The molecule has 7 heteroatoms. The van der Waals surface area contributed by atoms with E-state index < -0.39 is 11.2 Å². The number of hydrogen-bond acceptors (Lipinski definition) is 4. The van der Waals surface area contributed by atoms with Crippen molar-refractivity contribution in [2.24, 2.45) is 7.05 Å². The van der Waals surface area contributed by atoms with Crippen LogP contribution in [0.25, 0.3) is 11.2 Å². The third kappa shape index (κ3) is 0.934. The van der Waals surface area contributed by atoms with E-state index in [0.29, 0.717) is 0 Å². The van der Waals surface area contributed by atoms with Crippen molar-refractivity contribution in [1.82, 2.24) is 19.5 Å². The zero-order chi connectivity index (χ0) is 9.59. The van der Waals surface area contributed by atoms with Gasteiger partial charge in [0.15, 0.2) is 17.1 Å². The van der Waals surface area contributed by atoms with Gasteiger partial charge in [0.25, 0.3) is 5.56 Å².